The Balaban J connectivity index is 1.61. The van der Waals surface area contributed by atoms with Crippen LogP contribution in [-0.2, 0) is 4.79 Å². The van der Waals surface area contributed by atoms with Gasteiger partial charge in [-0.25, -0.2) is 10.2 Å². The van der Waals surface area contributed by atoms with Gasteiger partial charge in [-0.05, 0) is 61.0 Å². The first-order chi connectivity index (χ1) is 16.3. The highest BCUT2D eigenvalue weighted by atomic mass is 35.5. The molecule has 0 aromatic heterocycles. The number of methoxy groups -OCH3 is 1. The standard InChI is InChI=1S/C24H19Cl3N2O5/c1-14(33-20-10-8-16(25)12-19(20)27)23(30)29-28-13-15-7-9-21(22(11-15)32-2)34-24(31)17-5-3-4-6-18(17)26/h3-14H,1-2H3,(H,29,30)/b28-13-/t14-/m0/s1. The highest BCUT2D eigenvalue weighted by Gasteiger charge is 2.17. The molecule has 0 aliphatic rings. The van der Waals surface area contributed by atoms with Crippen LogP contribution in [0.5, 0.6) is 17.2 Å². The van der Waals surface area contributed by atoms with E-state index in [-0.39, 0.29) is 21.4 Å². The van der Waals surface area contributed by atoms with Crippen molar-refractivity contribution in [2.75, 3.05) is 7.11 Å². The second-order valence-electron chi connectivity index (χ2n) is 6.85. The van der Waals surface area contributed by atoms with Gasteiger partial charge in [0.05, 0.1) is 28.9 Å². The van der Waals surface area contributed by atoms with Gasteiger partial charge in [-0.3, -0.25) is 4.79 Å². The summed E-state index contributed by atoms with van der Waals surface area (Å²) in [6.07, 6.45) is 0.541. The number of halogens is 3. The number of carbonyl (C=O) groups is 2. The van der Waals surface area contributed by atoms with Crippen LogP contribution in [0.4, 0.5) is 0 Å². The second-order valence-corrected chi connectivity index (χ2v) is 8.10. The monoisotopic (exact) mass is 520 g/mol. The summed E-state index contributed by atoms with van der Waals surface area (Å²) in [6.45, 7) is 1.56. The smallest absolute Gasteiger partial charge is 0.345 e. The molecule has 1 N–H and O–H groups in total. The molecule has 1 atom stereocenters. The van der Waals surface area contributed by atoms with Gasteiger partial charge in [0, 0.05) is 5.02 Å². The van der Waals surface area contributed by atoms with Crippen LogP contribution in [0, 0.1) is 0 Å². The van der Waals surface area contributed by atoms with Crippen LogP contribution >= 0.6 is 34.8 Å². The van der Waals surface area contributed by atoms with Crippen LogP contribution in [0.2, 0.25) is 15.1 Å². The number of nitrogens with zero attached hydrogens (tertiary/aromatic N) is 1. The third-order valence-corrected chi connectivity index (χ3v) is 5.30. The summed E-state index contributed by atoms with van der Waals surface area (Å²) in [4.78, 5) is 24.7. The quantitative estimate of drug-likeness (QED) is 0.175. The Labute approximate surface area is 211 Å². The lowest BCUT2D eigenvalue weighted by Crippen LogP contribution is -2.33. The third kappa shape index (κ3) is 6.63. The molecule has 3 rings (SSSR count). The molecule has 0 aliphatic heterocycles. The Morgan fingerprint density at radius 3 is 2.38 bits per heavy atom. The molecule has 176 valence electrons. The summed E-state index contributed by atoms with van der Waals surface area (Å²) in [5, 5.41) is 4.95. The number of carbonyl (C=O) groups excluding carboxylic acids is 2. The van der Waals surface area contributed by atoms with E-state index < -0.39 is 18.0 Å². The fourth-order valence-corrected chi connectivity index (χ4v) is 3.37. The van der Waals surface area contributed by atoms with Crippen molar-refractivity contribution in [3.8, 4) is 17.2 Å². The number of hydrazone groups is 1. The average Bonchev–Trinajstić information content (AvgIpc) is 2.81. The van der Waals surface area contributed by atoms with Crippen LogP contribution in [0.1, 0.15) is 22.8 Å². The molecule has 10 heteroatoms. The maximum atomic E-state index is 12.4. The highest BCUT2D eigenvalue weighted by Crippen LogP contribution is 2.30. The Morgan fingerprint density at radius 2 is 1.68 bits per heavy atom. The molecule has 0 aliphatic carbocycles. The molecule has 0 saturated carbocycles. The zero-order chi connectivity index (χ0) is 24.7. The predicted octanol–water partition coefficient (Wildman–Crippen LogP) is 5.79. The van der Waals surface area contributed by atoms with Gasteiger partial charge < -0.3 is 14.2 Å². The minimum Gasteiger partial charge on any atom is -0.493 e. The van der Waals surface area contributed by atoms with Crippen LogP contribution in [0.15, 0.2) is 65.8 Å². The van der Waals surface area contributed by atoms with Crippen molar-refractivity contribution in [1.82, 2.24) is 5.43 Å². The lowest BCUT2D eigenvalue weighted by Gasteiger charge is -2.14. The number of rotatable bonds is 8. The molecule has 1 amide bonds. The Morgan fingerprint density at radius 1 is 0.941 bits per heavy atom. The van der Waals surface area contributed by atoms with E-state index in [1.807, 2.05) is 0 Å². The van der Waals surface area contributed by atoms with Crippen molar-refractivity contribution in [3.63, 3.8) is 0 Å². The molecule has 0 radical (unpaired) electrons. The van der Waals surface area contributed by atoms with Gasteiger partial charge in [-0.15, -0.1) is 0 Å². The molecular weight excluding hydrogens is 503 g/mol. The molecule has 7 nitrogen and oxygen atoms in total. The Kier molecular flexibility index (Phi) is 8.76. The average molecular weight is 522 g/mol. The molecule has 34 heavy (non-hydrogen) atoms. The minimum absolute atomic E-state index is 0.204. The first-order valence-electron chi connectivity index (χ1n) is 9.88. The Hall–Kier alpha value is -3.26. The Bertz CT molecular complexity index is 1230. The van der Waals surface area contributed by atoms with Gasteiger partial charge in [0.25, 0.3) is 5.91 Å². The maximum Gasteiger partial charge on any atom is 0.345 e. The molecule has 0 spiro atoms. The van der Waals surface area contributed by atoms with Gasteiger partial charge in [0.15, 0.2) is 17.6 Å². The molecule has 0 unspecified atom stereocenters. The van der Waals surface area contributed by atoms with E-state index in [1.165, 1.54) is 19.4 Å². The summed E-state index contributed by atoms with van der Waals surface area (Å²) in [5.74, 6) is -0.281. The third-order valence-electron chi connectivity index (χ3n) is 4.44. The van der Waals surface area contributed by atoms with Gasteiger partial charge in [0.2, 0.25) is 0 Å². The van der Waals surface area contributed by atoms with Gasteiger partial charge in [0.1, 0.15) is 5.75 Å². The van der Waals surface area contributed by atoms with Crippen molar-refractivity contribution in [1.29, 1.82) is 0 Å². The molecule has 0 bridgehead atoms. The van der Waals surface area contributed by atoms with Crippen LogP contribution in [-0.4, -0.2) is 31.3 Å². The lowest BCUT2D eigenvalue weighted by atomic mass is 10.2. The molecule has 0 fully saturated rings. The second kappa shape index (κ2) is 11.7. The normalized spacial score (nSPS) is 11.7. The lowest BCUT2D eigenvalue weighted by molar-refractivity contribution is -0.127. The van der Waals surface area contributed by atoms with E-state index in [1.54, 1.807) is 61.5 Å². The summed E-state index contributed by atoms with van der Waals surface area (Å²) in [6, 6.07) is 16.0. The van der Waals surface area contributed by atoms with E-state index in [9.17, 15) is 9.59 Å². The molecule has 0 saturated heterocycles. The summed E-state index contributed by atoms with van der Waals surface area (Å²) in [5.41, 5.74) is 3.21. The number of amides is 1. The SMILES string of the molecule is COc1cc(/C=N\NC(=O)[C@H](C)Oc2ccc(Cl)cc2Cl)ccc1OC(=O)c1ccccc1Cl. The summed E-state index contributed by atoms with van der Waals surface area (Å²) in [7, 11) is 1.44. The molecule has 0 heterocycles. The fourth-order valence-electron chi connectivity index (χ4n) is 2.71. The van der Waals surface area contributed by atoms with Gasteiger partial charge in [-0.2, -0.15) is 5.10 Å². The molecular formula is C24H19Cl3N2O5. The van der Waals surface area contributed by atoms with E-state index in [0.29, 0.717) is 22.1 Å². The number of hydrogen-bond donors (Lipinski definition) is 1. The van der Waals surface area contributed by atoms with Crippen LogP contribution in [0.3, 0.4) is 0 Å². The zero-order valence-corrected chi connectivity index (χ0v) is 20.3. The fraction of sp³-hybridized carbons (Fsp3) is 0.125. The number of esters is 1. The maximum absolute atomic E-state index is 12.4. The number of ether oxygens (including phenoxy) is 3. The van der Waals surface area contributed by atoms with Gasteiger partial charge >= 0.3 is 5.97 Å². The predicted molar refractivity (Wildman–Crippen MR) is 132 cm³/mol. The van der Waals surface area contributed by atoms with Gasteiger partial charge in [-0.1, -0.05) is 46.9 Å². The number of benzene rings is 3. The summed E-state index contributed by atoms with van der Waals surface area (Å²) < 4.78 is 16.3. The first-order valence-corrected chi connectivity index (χ1v) is 11.0. The largest absolute Gasteiger partial charge is 0.493 e. The van der Waals surface area contributed by atoms with Crippen molar-refractivity contribution in [2.24, 2.45) is 5.10 Å². The van der Waals surface area contributed by atoms with Crippen molar-refractivity contribution < 1.29 is 23.8 Å². The van der Waals surface area contributed by atoms with Crippen molar-refractivity contribution >= 4 is 52.9 Å². The van der Waals surface area contributed by atoms with E-state index in [0.717, 1.165) is 0 Å². The number of nitrogens with one attached hydrogen (secondary N) is 1. The first kappa shape index (κ1) is 25.4. The zero-order valence-electron chi connectivity index (χ0n) is 18.1. The van der Waals surface area contributed by atoms with Crippen molar-refractivity contribution in [2.45, 2.75) is 13.0 Å². The summed E-state index contributed by atoms with van der Waals surface area (Å²) >= 11 is 18.0. The van der Waals surface area contributed by atoms with E-state index in [4.69, 9.17) is 49.0 Å². The van der Waals surface area contributed by atoms with E-state index in [2.05, 4.69) is 10.5 Å². The topological polar surface area (TPSA) is 86.2 Å². The molecule has 3 aromatic carbocycles. The van der Waals surface area contributed by atoms with Crippen molar-refractivity contribution in [3.05, 3.63) is 86.9 Å². The van der Waals surface area contributed by atoms with E-state index >= 15 is 0 Å². The molecule has 3 aromatic rings. The van der Waals surface area contributed by atoms with Crippen LogP contribution < -0.4 is 19.6 Å². The number of hydrogen-bond acceptors (Lipinski definition) is 6. The van der Waals surface area contributed by atoms with Crippen LogP contribution in [0.25, 0.3) is 0 Å². The minimum atomic E-state index is -0.864. The highest BCUT2D eigenvalue weighted by molar-refractivity contribution is 6.35.